The van der Waals surface area contributed by atoms with Crippen molar-refractivity contribution < 1.29 is 19.1 Å². The molecule has 7 nitrogen and oxygen atoms in total. The number of carbonyl (C=O) groups excluding carboxylic acids is 3. The lowest BCUT2D eigenvalue weighted by Gasteiger charge is -2.22. The van der Waals surface area contributed by atoms with Crippen LogP contribution < -0.4 is 16.4 Å². The van der Waals surface area contributed by atoms with E-state index in [1.54, 1.807) is 0 Å². The monoisotopic (exact) mass is 459 g/mol. The lowest BCUT2D eigenvalue weighted by molar-refractivity contribution is -0.128. The van der Waals surface area contributed by atoms with Crippen LogP contribution in [0.2, 0.25) is 0 Å². The van der Waals surface area contributed by atoms with Gasteiger partial charge in [0.1, 0.15) is 18.7 Å². The highest BCUT2D eigenvalue weighted by Gasteiger charge is 2.26. The molecule has 0 radical (unpaired) electrons. The third kappa shape index (κ3) is 7.78. The van der Waals surface area contributed by atoms with Gasteiger partial charge < -0.3 is 21.1 Å². The number of nitrogens with one attached hydrogen (secondary N) is 2. The van der Waals surface area contributed by atoms with Gasteiger partial charge in [0.15, 0.2) is 0 Å². The average molecular weight is 460 g/mol. The van der Waals surface area contributed by atoms with Gasteiger partial charge in [0.05, 0.1) is 0 Å². The fourth-order valence-electron chi connectivity index (χ4n) is 3.54. The van der Waals surface area contributed by atoms with Gasteiger partial charge in [-0.15, -0.1) is 0 Å². The summed E-state index contributed by atoms with van der Waals surface area (Å²) in [5.74, 6) is -1.17. The molecule has 3 aromatic carbocycles. The predicted octanol–water partition coefficient (Wildman–Crippen LogP) is 3.05. The molecule has 0 fully saturated rings. The summed E-state index contributed by atoms with van der Waals surface area (Å²) in [6, 6.07) is 24.3. The number of nitrogens with two attached hydrogens (primary N) is 1. The van der Waals surface area contributed by atoms with E-state index in [4.69, 9.17) is 10.5 Å². The molecule has 3 rings (SSSR count). The molecule has 0 heterocycles. The number of primary amides is 1. The Morgan fingerprint density at radius 3 is 1.97 bits per heavy atom. The van der Waals surface area contributed by atoms with Crippen molar-refractivity contribution in [3.05, 3.63) is 107 Å². The minimum atomic E-state index is -0.954. The molecule has 0 unspecified atom stereocenters. The normalized spacial score (nSPS) is 12.3. The third-order valence-corrected chi connectivity index (χ3v) is 5.29. The molecular weight excluding hydrogens is 430 g/mol. The summed E-state index contributed by atoms with van der Waals surface area (Å²) in [5.41, 5.74) is 9.16. The summed E-state index contributed by atoms with van der Waals surface area (Å²) in [4.78, 5) is 37.7. The number of hydrogen-bond acceptors (Lipinski definition) is 4. The Bertz CT molecular complexity index is 1100. The van der Waals surface area contributed by atoms with Gasteiger partial charge in [0.2, 0.25) is 11.8 Å². The average Bonchev–Trinajstić information content (AvgIpc) is 2.83. The highest BCUT2D eigenvalue weighted by Crippen LogP contribution is 2.09. The number of rotatable bonds is 10. The summed E-state index contributed by atoms with van der Waals surface area (Å²) in [6.45, 7) is 2.02. The lowest BCUT2D eigenvalue weighted by atomic mass is 10.0. The molecule has 2 atom stereocenters. The van der Waals surface area contributed by atoms with Gasteiger partial charge in [-0.3, -0.25) is 9.59 Å². The molecule has 4 N–H and O–H groups in total. The van der Waals surface area contributed by atoms with Crippen LogP contribution in [0.25, 0.3) is 0 Å². The summed E-state index contributed by atoms with van der Waals surface area (Å²) < 4.78 is 5.29. The van der Waals surface area contributed by atoms with Crippen molar-refractivity contribution in [1.82, 2.24) is 10.6 Å². The van der Waals surface area contributed by atoms with E-state index in [0.29, 0.717) is 0 Å². The summed E-state index contributed by atoms with van der Waals surface area (Å²) in [6.07, 6.45) is -0.253. The zero-order chi connectivity index (χ0) is 24.3. The predicted molar refractivity (Wildman–Crippen MR) is 130 cm³/mol. The van der Waals surface area contributed by atoms with Gasteiger partial charge in [-0.05, 0) is 23.6 Å². The van der Waals surface area contributed by atoms with Crippen LogP contribution in [0, 0.1) is 6.92 Å². The van der Waals surface area contributed by atoms with Gasteiger partial charge in [-0.25, -0.2) is 4.79 Å². The topological polar surface area (TPSA) is 111 Å². The van der Waals surface area contributed by atoms with Crippen molar-refractivity contribution in [1.29, 1.82) is 0 Å². The molecule has 176 valence electrons. The minimum absolute atomic E-state index is 0.0730. The number of amides is 3. The molecule has 3 aromatic rings. The van der Waals surface area contributed by atoms with E-state index in [1.807, 2.05) is 91.9 Å². The molecule has 0 aliphatic rings. The Morgan fingerprint density at radius 1 is 0.765 bits per heavy atom. The molecule has 0 spiro atoms. The third-order valence-electron chi connectivity index (χ3n) is 5.29. The summed E-state index contributed by atoms with van der Waals surface area (Å²) in [7, 11) is 0. The second kappa shape index (κ2) is 12.2. The van der Waals surface area contributed by atoms with Crippen molar-refractivity contribution in [3.8, 4) is 0 Å². The first-order chi connectivity index (χ1) is 16.4. The number of benzene rings is 3. The minimum Gasteiger partial charge on any atom is -0.445 e. The fourth-order valence-corrected chi connectivity index (χ4v) is 3.54. The quantitative estimate of drug-likeness (QED) is 0.433. The molecule has 0 aliphatic heterocycles. The number of hydrogen-bond donors (Lipinski definition) is 3. The Kier molecular flexibility index (Phi) is 8.80. The molecule has 0 saturated carbocycles. The second-order valence-corrected chi connectivity index (χ2v) is 8.11. The highest BCUT2D eigenvalue weighted by molar-refractivity contribution is 5.91. The van der Waals surface area contributed by atoms with E-state index < -0.39 is 30.0 Å². The van der Waals surface area contributed by atoms with Gasteiger partial charge in [0, 0.05) is 12.8 Å². The Balaban J connectivity index is 1.69. The van der Waals surface area contributed by atoms with E-state index in [9.17, 15) is 14.4 Å². The molecule has 3 amide bonds. The van der Waals surface area contributed by atoms with Crippen LogP contribution in [0.5, 0.6) is 0 Å². The summed E-state index contributed by atoms with van der Waals surface area (Å²) >= 11 is 0. The van der Waals surface area contributed by atoms with Gasteiger partial charge >= 0.3 is 6.09 Å². The van der Waals surface area contributed by atoms with E-state index in [-0.39, 0.29) is 19.4 Å². The van der Waals surface area contributed by atoms with Gasteiger partial charge in [-0.2, -0.15) is 0 Å². The number of ether oxygens (including phenoxy) is 1. The largest absolute Gasteiger partial charge is 0.445 e. The van der Waals surface area contributed by atoms with E-state index in [0.717, 1.165) is 22.3 Å². The molecule has 7 heteroatoms. The van der Waals surface area contributed by atoms with E-state index >= 15 is 0 Å². The number of alkyl carbamates (subject to hydrolysis) is 1. The second-order valence-electron chi connectivity index (χ2n) is 8.11. The molecule has 0 aromatic heterocycles. The van der Waals surface area contributed by atoms with Gasteiger partial charge in [-0.1, -0.05) is 90.5 Å². The maximum atomic E-state index is 13.1. The molecular formula is C27H29N3O4. The first kappa shape index (κ1) is 24.5. The lowest BCUT2D eigenvalue weighted by Crippen LogP contribution is -2.54. The van der Waals surface area contributed by atoms with Crippen LogP contribution in [-0.4, -0.2) is 30.0 Å². The maximum Gasteiger partial charge on any atom is 0.408 e. The first-order valence-electron chi connectivity index (χ1n) is 11.1. The molecule has 0 saturated heterocycles. The Labute approximate surface area is 199 Å². The highest BCUT2D eigenvalue weighted by atomic mass is 16.5. The smallest absolute Gasteiger partial charge is 0.408 e. The van der Waals surface area contributed by atoms with E-state index in [2.05, 4.69) is 10.6 Å². The van der Waals surface area contributed by atoms with Crippen LogP contribution in [0.15, 0.2) is 84.9 Å². The van der Waals surface area contributed by atoms with Crippen molar-refractivity contribution in [2.75, 3.05) is 0 Å². The number of aryl methyl sites for hydroxylation is 1. The van der Waals surface area contributed by atoms with Crippen LogP contribution in [0.4, 0.5) is 4.79 Å². The number of carbonyl (C=O) groups is 3. The fraction of sp³-hybridized carbons (Fsp3) is 0.222. The van der Waals surface area contributed by atoms with Crippen molar-refractivity contribution in [3.63, 3.8) is 0 Å². The zero-order valence-electron chi connectivity index (χ0n) is 19.1. The Hall–Kier alpha value is -4.13. The SMILES string of the molecule is Cc1cccc(C[C@@H](NC(=O)[C@@H](Cc2ccccc2)NC(=O)OCc2ccccc2)C(N)=O)c1. The maximum absolute atomic E-state index is 13.1. The first-order valence-corrected chi connectivity index (χ1v) is 11.1. The van der Waals surface area contributed by atoms with Crippen LogP contribution in [-0.2, 0) is 33.8 Å². The van der Waals surface area contributed by atoms with Crippen molar-refractivity contribution >= 4 is 17.9 Å². The van der Waals surface area contributed by atoms with Crippen molar-refractivity contribution in [2.45, 2.75) is 38.5 Å². The molecule has 34 heavy (non-hydrogen) atoms. The Morgan fingerprint density at radius 2 is 1.35 bits per heavy atom. The standard InChI is InChI=1S/C27H29N3O4/c1-19-9-8-14-22(15-19)17-23(25(28)31)29-26(32)24(16-20-10-4-2-5-11-20)30-27(33)34-18-21-12-6-3-7-13-21/h2-15,23-24H,16-18H2,1H3,(H2,28,31)(H,29,32)(H,30,33)/t23-,24-/m1/s1. The van der Waals surface area contributed by atoms with Crippen molar-refractivity contribution in [2.24, 2.45) is 5.73 Å². The molecule has 0 bridgehead atoms. The molecule has 0 aliphatic carbocycles. The van der Waals surface area contributed by atoms with E-state index in [1.165, 1.54) is 0 Å². The zero-order valence-corrected chi connectivity index (χ0v) is 19.1. The summed E-state index contributed by atoms with van der Waals surface area (Å²) in [5, 5.41) is 5.33. The van der Waals surface area contributed by atoms with Crippen LogP contribution >= 0.6 is 0 Å². The van der Waals surface area contributed by atoms with Crippen LogP contribution in [0.1, 0.15) is 22.3 Å². The van der Waals surface area contributed by atoms with Gasteiger partial charge in [0.25, 0.3) is 0 Å². The van der Waals surface area contributed by atoms with Crippen LogP contribution in [0.3, 0.4) is 0 Å².